The first-order chi connectivity index (χ1) is 14.7. The zero-order chi connectivity index (χ0) is 22.6. The fourth-order valence-electron chi connectivity index (χ4n) is 4.21. The van der Waals surface area contributed by atoms with Crippen molar-refractivity contribution in [3.63, 3.8) is 0 Å². The molecule has 31 heavy (non-hydrogen) atoms. The van der Waals surface area contributed by atoms with Gasteiger partial charge in [0.15, 0.2) is 5.69 Å². The number of carbonyl (C=O) groups is 2. The predicted molar refractivity (Wildman–Crippen MR) is 116 cm³/mol. The molecule has 7 nitrogen and oxygen atoms in total. The topological polar surface area (TPSA) is 99.8 Å². The molecular formula is C23H30FN5O2. The maximum Gasteiger partial charge on any atom is 0.273 e. The van der Waals surface area contributed by atoms with Crippen molar-refractivity contribution in [2.75, 3.05) is 6.54 Å². The fraction of sp³-hybridized carbons (Fsp3) is 0.565. The number of nitrogens with one attached hydrogen (secondary N) is 2. The number of hydrogen-bond donors (Lipinski definition) is 2. The van der Waals surface area contributed by atoms with Crippen molar-refractivity contribution in [3.8, 4) is 6.07 Å². The summed E-state index contributed by atoms with van der Waals surface area (Å²) in [6.45, 7) is 5.89. The van der Waals surface area contributed by atoms with Crippen LogP contribution < -0.4 is 10.6 Å². The molecule has 1 unspecified atom stereocenters. The predicted octanol–water partition coefficient (Wildman–Crippen LogP) is 3.54. The van der Waals surface area contributed by atoms with Crippen molar-refractivity contribution >= 4 is 22.7 Å². The number of hydrogen-bond acceptors (Lipinski definition) is 4. The van der Waals surface area contributed by atoms with E-state index in [2.05, 4.69) is 15.7 Å². The number of amides is 2. The van der Waals surface area contributed by atoms with Gasteiger partial charge in [-0.05, 0) is 30.2 Å². The fourth-order valence-corrected chi connectivity index (χ4v) is 4.21. The van der Waals surface area contributed by atoms with Crippen LogP contribution in [-0.2, 0) is 11.3 Å². The number of aromatic nitrogens is 2. The highest BCUT2D eigenvalue weighted by atomic mass is 19.1. The minimum atomic E-state index is -0.875. The van der Waals surface area contributed by atoms with E-state index in [0.717, 1.165) is 25.7 Å². The summed E-state index contributed by atoms with van der Waals surface area (Å²) in [7, 11) is 0. The molecule has 0 radical (unpaired) electrons. The van der Waals surface area contributed by atoms with E-state index in [1.807, 2.05) is 26.8 Å². The molecule has 0 spiro atoms. The maximum atomic E-state index is 14.7. The Balaban J connectivity index is 1.92. The minimum absolute atomic E-state index is 0.104. The molecule has 2 N–H and O–H groups in total. The number of para-hydroxylation sites is 1. The van der Waals surface area contributed by atoms with Gasteiger partial charge in [-0.1, -0.05) is 52.2 Å². The lowest BCUT2D eigenvalue weighted by Gasteiger charge is -2.29. The third kappa shape index (κ3) is 5.22. The molecule has 3 rings (SSSR count). The van der Waals surface area contributed by atoms with Crippen LogP contribution in [0.2, 0.25) is 0 Å². The van der Waals surface area contributed by atoms with Gasteiger partial charge in [-0.25, -0.2) is 4.39 Å². The van der Waals surface area contributed by atoms with Gasteiger partial charge in [0, 0.05) is 11.9 Å². The lowest BCUT2D eigenvalue weighted by Crippen LogP contribution is -2.53. The lowest BCUT2D eigenvalue weighted by atomic mass is 9.86. The summed E-state index contributed by atoms with van der Waals surface area (Å²) in [5, 5.41) is 18.9. The van der Waals surface area contributed by atoms with Gasteiger partial charge >= 0.3 is 0 Å². The van der Waals surface area contributed by atoms with E-state index in [-0.39, 0.29) is 12.2 Å². The van der Waals surface area contributed by atoms with E-state index in [1.54, 1.807) is 16.8 Å². The molecule has 0 bridgehead atoms. The van der Waals surface area contributed by atoms with Gasteiger partial charge < -0.3 is 10.6 Å². The SMILES string of the molecule is CC(C)(C)C(NC(=O)c1nn(CC2CCCCC2)c2c(F)cccc12)C(=O)NCC#N. The first-order valence-electron chi connectivity index (χ1n) is 10.8. The Labute approximate surface area is 182 Å². The van der Waals surface area contributed by atoms with Crippen LogP contribution in [0.15, 0.2) is 18.2 Å². The van der Waals surface area contributed by atoms with Crippen molar-refractivity contribution in [1.29, 1.82) is 5.26 Å². The summed E-state index contributed by atoms with van der Waals surface area (Å²) in [5.74, 6) is -0.991. The van der Waals surface area contributed by atoms with Crippen molar-refractivity contribution in [1.82, 2.24) is 20.4 Å². The number of carbonyl (C=O) groups excluding carboxylic acids is 2. The quantitative estimate of drug-likeness (QED) is 0.689. The second kappa shape index (κ2) is 9.46. The molecule has 1 saturated carbocycles. The zero-order valence-electron chi connectivity index (χ0n) is 18.4. The first-order valence-corrected chi connectivity index (χ1v) is 10.8. The minimum Gasteiger partial charge on any atom is -0.341 e. The molecule has 1 aliphatic carbocycles. The summed E-state index contributed by atoms with van der Waals surface area (Å²) in [6, 6.07) is 5.59. The van der Waals surface area contributed by atoms with Crippen LogP contribution in [-0.4, -0.2) is 34.2 Å². The van der Waals surface area contributed by atoms with Crippen molar-refractivity contribution in [2.45, 2.75) is 65.5 Å². The Morgan fingerprint density at radius 2 is 2.00 bits per heavy atom. The molecular weight excluding hydrogens is 397 g/mol. The Bertz CT molecular complexity index is 996. The summed E-state index contributed by atoms with van der Waals surface area (Å²) >= 11 is 0. The van der Waals surface area contributed by atoms with Gasteiger partial charge in [0.25, 0.3) is 5.91 Å². The zero-order valence-corrected chi connectivity index (χ0v) is 18.4. The molecule has 1 heterocycles. The monoisotopic (exact) mass is 427 g/mol. The van der Waals surface area contributed by atoms with E-state index in [9.17, 15) is 14.0 Å². The molecule has 1 aromatic carbocycles. The molecule has 2 amide bonds. The smallest absolute Gasteiger partial charge is 0.273 e. The van der Waals surface area contributed by atoms with Gasteiger partial charge in [-0.3, -0.25) is 14.3 Å². The van der Waals surface area contributed by atoms with Crippen molar-refractivity contribution in [2.24, 2.45) is 11.3 Å². The second-order valence-electron chi connectivity index (χ2n) is 9.32. The molecule has 0 saturated heterocycles. The van der Waals surface area contributed by atoms with Crippen LogP contribution in [0.3, 0.4) is 0 Å². The normalized spacial score (nSPS) is 16.0. The largest absolute Gasteiger partial charge is 0.341 e. The third-order valence-electron chi connectivity index (χ3n) is 5.84. The highest BCUT2D eigenvalue weighted by Gasteiger charge is 2.34. The lowest BCUT2D eigenvalue weighted by molar-refractivity contribution is -0.125. The molecule has 2 aromatic rings. The number of benzene rings is 1. The van der Waals surface area contributed by atoms with Gasteiger partial charge in [0.1, 0.15) is 23.9 Å². The average Bonchev–Trinajstić information content (AvgIpc) is 3.09. The van der Waals surface area contributed by atoms with Gasteiger partial charge in [-0.15, -0.1) is 0 Å². The summed E-state index contributed by atoms with van der Waals surface area (Å²) in [5.41, 5.74) is -0.173. The molecule has 166 valence electrons. The second-order valence-corrected chi connectivity index (χ2v) is 9.32. The molecule has 1 atom stereocenters. The van der Waals surface area contributed by atoms with E-state index >= 15 is 0 Å². The summed E-state index contributed by atoms with van der Waals surface area (Å²) in [4.78, 5) is 25.7. The van der Waals surface area contributed by atoms with E-state index < -0.39 is 29.1 Å². The Hall–Kier alpha value is -2.95. The molecule has 1 aliphatic rings. The number of rotatable bonds is 6. The molecule has 1 fully saturated rings. The molecule has 8 heteroatoms. The van der Waals surface area contributed by atoms with Gasteiger partial charge in [0.2, 0.25) is 5.91 Å². The highest BCUT2D eigenvalue weighted by molar-refractivity contribution is 6.06. The van der Waals surface area contributed by atoms with Crippen LogP contribution in [0.5, 0.6) is 0 Å². The summed E-state index contributed by atoms with van der Waals surface area (Å²) < 4.78 is 16.3. The average molecular weight is 428 g/mol. The van der Waals surface area contributed by atoms with Crippen molar-refractivity contribution in [3.05, 3.63) is 29.7 Å². The highest BCUT2D eigenvalue weighted by Crippen LogP contribution is 2.29. The van der Waals surface area contributed by atoms with E-state index in [1.165, 1.54) is 12.5 Å². The third-order valence-corrected chi connectivity index (χ3v) is 5.84. The van der Waals surface area contributed by atoms with E-state index in [0.29, 0.717) is 23.4 Å². The number of fused-ring (bicyclic) bond motifs is 1. The van der Waals surface area contributed by atoms with Crippen molar-refractivity contribution < 1.29 is 14.0 Å². The maximum absolute atomic E-state index is 14.7. The Kier molecular flexibility index (Phi) is 6.94. The Morgan fingerprint density at radius 3 is 2.65 bits per heavy atom. The van der Waals surface area contributed by atoms with Crippen LogP contribution >= 0.6 is 0 Å². The Morgan fingerprint density at radius 1 is 1.29 bits per heavy atom. The van der Waals surface area contributed by atoms with Crippen LogP contribution in [0.1, 0.15) is 63.4 Å². The van der Waals surface area contributed by atoms with Gasteiger partial charge in [0.05, 0.1) is 6.07 Å². The van der Waals surface area contributed by atoms with Crippen LogP contribution in [0, 0.1) is 28.5 Å². The van der Waals surface area contributed by atoms with Crippen LogP contribution in [0.25, 0.3) is 10.9 Å². The van der Waals surface area contributed by atoms with Crippen LogP contribution in [0.4, 0.5) is 4.39 Å². The molecule has 1 aromatic heterocycles. The van der Waals surface area contributed by atoms with E-state index in [4.69, 9.17) is 5.26 Å². The number of nitriles is 1. The first kappa shape index (κ1) is 22.7. The number of halogens is 1. The molecule has 0 aliphatic heterocycles. The summed E-state index contributed by atoms with van der Waals surface area (Å²) in [6.07, 6.45) is 5.68. The number of nitrogens with zero attached hydrogens (tertiary/aromatic N) is 3. The van der Waals surface area contributed by atoms with Gasteiger partial charge in [-0.2, -0.15) is 10.4 Å². The standard InChI is InChI=1S/C23H30FN5O2/c1-23(2,3)20(22(31)26-13-12-25)27-21(30)18-16-10-7-11-17(24)19(16)29(28-18)14-15-8-5-4-6-9-15/h7,10-11,15,20H,4-6,8-9,13-14H2,1-3H3,(H,26,31)(H,27,30).